The van der Waals surface area contributed by atoms with Gasteiger partial charge in [0.25, 0.3) is 0 Å². The summed E-state index contributed by atoms with van der Waals surface area (Å²) in [6.45, 7) is 16.0. The molecule has 0 saturated heterocycles. The molecule has 0 aliphatic carbocycles. The summed E-state index contributed by atoms with van der Waals surface area (Å²) in [5, 5.41) is 0. The van der Waals surface area contributed by atoms with Gasteiger partial charge in [-0.2, -0.15) is 0 Å². The first-order valence-electron chi connectivity index (χ1n) is 11.3. The van der Waals surface area contributed by atoms with Gasteiger partial charge in [0.05, 0.1) is 0 Å². The van der Waals surface area contributed by atoms with Gasteiger partial charge in [-0.15, -0.1) is 0 Å². The summed E-state index contributed by atoms with van der Waals surface area (Å²) >= 11 is 0. The Morgan fingerprint density at radius 1 is 0.448 bits per heavy atom. The Hall–Kier alpha value is -2.54. The van der Waals surface area contributed by atoms with Crippen LogP contribution in [0.25, 0.3) is 0 Å². The lowest BCUT2D eigenvalue weighted by atomic mass is 9.96. The summed E-state index contributed by atoms with van der Waals surface area (Å²) in [7, 11) is 2.14. The molecule has 4 rings (SSSR count). The fourth-order valence-corrected chi connectivity index (χ4v) is 2.69. The quantitative estimate of drug-likeness (QED) is 0.368. The molecule has 1 heteroatoms. The van der Waals surface area contributed by atoms with Crippen molar-refractivity contribution in [3.05, 3.63) is 96.1 Å². The van der Waals surface area contributed by atoms with Gasteiger partial charge in [-0.3, -0.25) is 0 Å². The molecule has 1 aliphatic rings. The highest BCUT2D eigenvalue weighted by atomic mass is 15.1. The standard InChI is InChI=1S/C14H13N.C6H6.4C2H6/c1-15-13-8-4-2-6-11(13)10-12-7-3-5-9-14(12)15;1-2-4-6-5-3-1;4*1-2/h2-9H,10H2,1H3;1-6H;4*1-2H3. The molecule has 0 fully saturated rings. The minimum Gasteiger partial charge on any atom is -0.344 e. The number of hydrogen-bond acceptors (Lipinski definition) is 1. The Bertz CT molecular complexity index is 632. The molecule has 3 aromatic rings. The van der Waals surface area contributed by atoms with Gasteiger partial charge in [-0.1, -0.05) is 128 Å². The Balaban J connectivity index is 0. The summed E-state index contributed by atoms with van der Waals surface area (Å²) < 4.78 is 0. The number of para-hydroxylation sites is 2. The van der Waals surface area contributed by atoms with Crippen LogP contribution in [0.3, 0.4) is 0 Å². The third-order valence-electron chi connectivity index (χ3n) is 3.75. The molecule has 0 atom stereocenters. The smallest absolute Gasteiger partial charge is 0.0444 e. The molecule has 0 saturated carbocycles. The van der Waals surface area contributed by atoms with Crippen LogP contribution in [-0.2, 0) is 6.42 Å². The largest absolute Gasteiger partial charge is 0.344 e. The van der Waals surface area contributed by atoms with Crippen LogP contribution in [0.15, 0.2) is 84.9 Å². The van der Waals surface area contributed by atoms with E-state index in [1.807, 2.05) is 91.8 Å². The lowest BCUT2D eigenvalue weighted by Gasteiger charge is -2.29. The maximum absolute atomic E-state index is 2.27. The van der Waals surface area contributed by atoms with Crippen LogP contribution in [0.5, 0.6) is 0 Å². The molecular formula is C28H43N. The van der Waals surface area contributed by atoms with Crippen molar-refractivity contribution in [1.82, 2.24) is 0 Å². The lowest BCUT2D eigenvalue weighted by molar-refractivity contribution is 1.06. The van der Waals surface area contributed by atoms with Crippen LogP contribution in [0.1, 0.15) is 66.5 Å². The SMILES string of the molecule is CC.CC.CC.CC.CN1c2ccccc2Cc2ccccc21.c1ccccc1. The van der Waals surface area contributed by atoms with Gasteiger partial charge in [0.1, 0.15) is 0 Å². The number of benzene rings is 3. The second-order valence-corrected chi connectivity index (χ2v) is 5.15. The van der Waals surface area contributed by atoms with E-state index in [0.717, 1.165) is 6.42 Å². The lowest BCUT2D eigenvalue weighted by Crippen LogP contribution is -2.18. The first-order valence-corrected chi connectivity index (χ1v) is 11.3. The van der Waals surface area contributed by atoms with E-state index in [1.54, 1.807) is 0 Å². The Labute approximate surface area is 181 Å². The number of hydrogen-bond donors (Lipinski definition) is 0. The number of nitrogens with zero attached hydrogens (tertiary/aromatic N) is 1. The maximum Gasteiger partial charge on any atom is 0.0444 e. The molecule has 29 heavy (non-hydrogen) atoms. The van der Waals surface area contributed by atoms with Gasteiger partial charge in [0.2, 0.25) is 0 Å². The van der Waals surface area contributed by atoms with Crippen molar-refractivity contribution >= 4 is 11.4 Å². The van der Waals surface area contributed by atoms with Crippen molar-refractivity contribution in [2.24, 2.45) is 0 Å². The fourth-order valence-electron chi connectivity index (χ4n) is 2.69. The number of anilines is 2. The van der Waals surface area contributed by atoms with Crippen LogP contribution in [0.2, 0.25) is 0 Å². The molecule has 0 bridgehead atoms. The molecule has 1 nitrogen and oxygen atoms in total. The van der Waals surface area contributed by atoms with Gasteiger partial charge >= 0.3 is 0 Å². The van der Waals surface area contributed by atoms with Crippen LogP contribution in [0, 0.1) is 0 Å². The first-order chi connectivity index (χ1) is 14.4. The van der Waals surface area contributed by atoms with E-state index in [0.29, 0.717) is 0 Å². The van der Waals surface area contributed by atoms with Gasteiger partial charge in [0, 0.05) is 24.8 Å². The molecule has 1 aliphatic heterocycles. The van der Waals surface area contributed by atoms with E-state index in [4.69, 9.17) is 0 Å². The molecule has 3 aromatic carbocycles. The fraction of sp³-hybridized carbons (Fsp3) is 0.357. The molecular weight excluding hydrogens is 350 g/mol. The molecule has 0 N–H and O–H groups in total. The Kier molecular flexibility index (Phi) is 20.0. The van der Waals surface area contributed by atoms with Crippen molar-refractivity contribution in [1.29, 1.82) is 0 Å². The zero-order valence-electron chi connectivity index (χ0n) is 20.2. The van der Waals surface area contributed by atoms with Gasteiger partial charge < -0.3 is 4.90 Å². The second kappa shape index (κ2) is 20.2. The molecule has 0 radical (unpaired) electrons. The molecule has 160 valence electrons. The average Bonchev–Trinajstić information content (AvgIpc) is 2.86. The summed E-state index contributed by atoms with van der Waals surface area (Å²) in [5.41, 5.74) is 5.49. The van der Waals surface area contributed by atoms with Gasteiger partial charge in [-0.25, -0.2) is 0 Å². The maximum atomic E-state index is 2.27. The molecule has 0 amide bonds. The van der Waals surface area contributed by atoms with Crippen LogP contribution < -0.4 is 4.90 Å². The van der Waals surface area contributed by atoms with Crippen molar-refractivity contribution in [3.8, 4) is 0 Å². The molecule has 0 unspecified atom stereocenters. The monoisotopic (exact) mass is 393 g/mol. The zero-order chi connectivity index (χ0) is 22.5. The normalized spacial score (nSPS) is 9.34. The highest BCUT2D eigenvalue weighted by Crippen LogP contribution is 2.36. The second-order valence-electron chi connectivity index (χ2n) is 5.15. The third kappa shape index (κ3) is 9.99. The topological polar surface area (TPSA) is 3.24 Å². The minimum atomic E-state index is 1.05. The van der Waals surface area contributed by atoms with E-state index in [1.165, 1.54) is 22.5 Å². The number of fused-ring (bicyclic) bond motifs is 2. The van der Waals surface area contributed by atoms with Crippen molar-refractivity contribution in [2.45, 2.75) is 61.8 Å². The zero-order valence-corrected chi connectivity index (χ0v) is 20.2. The third-order valence-corrected chi connectivity index (χ3v) is 3.75. The van der Waals surface area contributed by atoms with E-state index in [-0.39, 0.29) is 0 Å². The Morgan fingerprint density at radius 3 is 1.03 bits per heavy atom. The summed E-state index contributed by atoms with van der Waals surface area (Å²) in [6.07, 6.45) is 1.05. The van der Waals surface area contributed by atoms with E-state index >= 15 is 0 Å². The molecule has 0 aromatic heterocycles. The van der Waals surface area contributed by atoms with Crippen molar-refractivity contribution in [3.63, 3.8) is 0 Å². The highest BCUT2D eigenvalue weighted by Gasteiger charge is 2.17. The van der Waals surface area contributed by atoms with Crippen LogP contribution in [-0.4, -0.2) is 7.05 Å². The summed E-state index contributed by atoms with van der Waals surface area (Å²) in [5.74, 6) is 0. The van der Waals surface area contributed by atoms with Gasteiger partial charge in [-0.05, 0) is 23.3 Å². The number of rotatable bonds is 0. The van der Waals surface area contributed by atoms with Crippen molar-refractivity contribution < 1.29 is 0 Å². The van der Waals surface area contributed by atoms with E-state index < -0.39 is 0 Å². The van der Waals surface area contributed by atoms with Crippen LogP contribution in [0.4, 0.5) is 11.4 Å². The van der Waals surface area contributed by atoms with E-state index in [2.05, 4.69) is 60.5 Å². The Morgan fingerprint density at radius 2 is 0.724 bits per heavy atom. The predicted octanol–water partition coefficient (Wildman–Crippen LogP) is 9.15. The first kappa shape index (κ1) is 28.7. The predicted molar refractivity (Wildman–Crippen MR) is 136 cm³/mol. The molecule has 1 heterocycles. The van der Waals surface area contributed by atoms with Crippen LogP contribution >= 0.6 is 0 Å². The molecule has 0 spiro atoms. The van der Waals surface area contributed by atoms with Crippen molar-refractivity contribution in [2.75, 3.05) is 11.9 Å². The summed E-state index contributed by atoms with van der Waals surface area (Å²) in [4.78, 5) is 2.27. The summed E-state index contributed by atoms with van der Waals surface area (Å²) in [6, 6.07) is 29.2. The minimum absolute atomic E-state index is 1.05. The average molecular weight is 394 g/mol. The highest BCUT2D eigenvalue weighted by molar-refractivity contribution is 5.73. The van der Waals surface area contributed by atoms with Gasteiger partial charge in [0.15, 0.2) is 0 Å². The van der Waals surface area contributed by atoms with E-state index in [9.17, 15) is 0 Å².